The van der Waals surface area contributed by atoms with E-state index < -0.39 is 0 Å². The van der Waals surface area contributed by atoms with E-state index in [1.807, 2.05) is 12.1 Å². The first-order valence-electron chi connectivity index (χ1n) is 4.94. The molecule has 2 rings (SSSR count). The van der Waals surface area contributed by atoms with Crippen molar-refractivity contribution in [2.75, 3.05) is 5.43 Å². The van der Waals surface area contributed by atoms with Gasteiger partial charge in [-0.05, 0) is 6.07 Å². The standard InChI is InChI=1S/C10H12N4O2S/c11-12-10-8(13-14-17-10)6-16-9-4-2-1-3-7(9)5-15/h1-4,12,15H,5-6,11H2. The summed E-state index contributed by atoms with van der Waals surface area (Å²) in [4.78, 5) is 0. The summed E-state index contributed by atoms with van der Waals surface area (Å²) >= 11 is 1.17. The van der Waals surface area contributed by atoms with Crippen molar-refractivity contribution in [1.29, 1.82) is 0 Å². The fourth-order valence-corrected chi connectivity index (χ4v) is 1.81. The quantitative estimate of drug-likeness (QED) is 0.540. The highest BCUT2D eigenvalue weighted by atomic mass is 32.1. The molecule has 0 radical (unpaired) electrons. The normalized spacial score (nSPS) is 10.2. The number of hydrogen-bond donors (Lipinski definition) is 3. The van der Waals surface area contributed by atoms with Crippen LogP contribution in [0.15, 0.2) is 24.3 Å². The highest BCUT2D eigenvalue weighted by Gasteiger charge is 2.08. The van der Waals surface area contributed by atoms with Crippen molar-refractivity contribution in [3.8, 4) is 5.75 Å². The van der Waals surface area contributed by atoms with Gasteiger partial charge in [-0.3, -0.25) is 0 Å². The Bertz CT molecular complexity index is 489. The van der Waals surface area contributed by atoms with E-state index in [1.54, 1.807) is 12.1 Å². The average molecular weight is 252 g/mol. The predicted octanol–water partition coefficient (Wildman–Crippen LogP) is 0.895. The van der Waals surface area contributed by atoms with Crippen molar-refractivity contribution in [3.05, 3.63) is 35.5 Å². The Hall–Kier alpha value is -1.70. The van der Waals surface area contributed by atoms with Crippen molar-refractivity contribution in [2.45, 2.75) is 13.2 Å². The monoisotopic (exact) mass is 252 g/mol. The summed E-state index contributed by atoms with van der Waals surface area (Å²) < 4.78 is 9.33. The maximum atomic E-state index is 9.14. The number of ether oxygens (including phenoxy) is 1. The van der Waals surface area contributed by atoms with Crippen molar-refractivity contribution < 1.29 is 9.84 Å². The Labute approximate surface area is 102 Å². The molecule has 0 aliphatic carbocycles. The molecule has 6 nitrogen and oxygen atoms in total. The third kappa shape index (κ3) is 2.70. The molecule has 0 fully saturated rings. The highest BCUT2D eigenvalue weighted by Crippen LogP contribution is 2.21. The van der Waals surface area contributed by atoms with Crippen LogP contribution in [-0.4, -0.2) is 14.7 Å². The molecule has 0 saturated heterocycles. The second-order valence-corrected chi connectivity index (χ2v) is 4.00. The first kappa shape index (κ1) is 11.8. The lowest BCUT2D eigenvalue weighted by atomic mass is 10.2. The van der Waals surface area contributed by atoms with E-state index in [0.29, 0.717) is 16.4 Å². The number of hydrazine groups is 1. The van der Waals surface area contributed by atoms with Gasteiger partial charge < -0.3 is 15.3 Å². The van der Waals surface area contributed by atoms with E-state index in [0.717, 1.165) is 5.56 Å². The van der Waals surface area contributed by atoms with Gasteiger partial charge in [-0.15, -0.1) is 5.10 Å². The number of nitrogens with two attached hydrogens (primary N) is 1. The van der Waals surface area contributed by atoms with Crippen LogP contribution in [0.5, 0.6) is 5.75 Å². The molecule has 1 aromatic carbocycles. The highest BCUT2D eigenvalue weighted by molar-refractivity contribution is 7.10. The number of nitrogen functional groups attached to an aromatic ring is 1. The zero-order valence-electron chi connectivity index (χ0n) is 8.96. The zero-order valence-corrected chi connectivity index (χ0v) is 9.78. The molecule has 0 aliphatic heterocycles. The molecule has 0 bridgehead atoms. The first-order valence-corrected chi connectivity index (χ1v) is 5.72. The molecule has 90 valence electrons. The summed E-state index contributed by atoms with van der Waals surface area (Å²) in [5.74, 6) is 5.94. The van der Waals surface area contributed by atoms with Gasteiger partial charge in [0.1, 0.15) is 18.1 Å². The smallest absolute Gasteiger partial charge is 0.150 e. The summed E-state index contributed by atoms with van der Waals surface area (Å²) in [6.45, 7) is 0.195. The molecular formula is C10H12N4O2S. The maximum absolute atomic E-state index is 9.14. The van der Waals surface area contributed by atoms with Crippen molar-refractivity contribution in [1.82, 2.24) is 9.59 Å². The predicted molar refractivity (Wildman–Crippen MR) is 64.4 cm³/mol. The summed E-state index contributed by atoms with van der Waals surface area (Å²) in [7, 11) is 0. The second kappa shape index (κ2) is 5.58. The minimum Gasteiger partial charge on any atom is -0.487 e. The third-order valence-electron chi connectivity index (χ3n) is 2.19. The maximum Gasteiger partial charge on any atom is 0.150 e. The molecule has 0 amide bonds. The molecule has 0 atom stereocenters. The Morgan fingerprint density at radius 3 is 3.00 bits per heavy atom. The molecule has 0 unspecified atom stereocenters. The van der Waals surface area contributed by atoms with Crippen LogP contribution in [0.1, 0.15) is 11.3 Å². The molecule has 17 heavy (non-hydrogen) atoms. The molecule has 4 N–H and O–H groups in total. The fourth-order valence-electron chi connectivity index (χ4n) is 1.33. The lowest BCUT2D eigenvalue weighted by Crippen LogP contribution is -2.09. The van der Waals surface area contributed by atoms with Crippen LogP contribution in [-0.2, 0) is 13.2 Å². The Morgan fingerprint density at radius 2 is 2.24 bits per heavy atom. The van der Waals surface area contributed by atoms with Gasteiger partial charge in [0, 0.05) is 17.1 Å². The largest absolute Gasteiger partial charge is 0.487 e. The molecular weight excluding hydrogens is 240 g/mol. The molecule has 1 heterocycles. The average Bonchev–Trinajstić information content (AvgIpc) is 2.84. The van der Waals surface area contributed by atoms with E-state index in [1.165, 1.54) is 11.5 Å². The lowest BCUT2D eigenvalue weighted by Gasteiger charge is -2.08. The number of aliphatic hydroxyl groups is 1. The molecule has 0 spiro atoms. The number of nitrogens with one attached hydrogen (secondary N) is 1. The number of anilines is 1. The van der Waals surface area contributed by atoms with Crippen LogP contribution < -0.4 is 16.0 Å². The van der Waals surface area contributed by atoms with Crippen LogP contribution in [0.2, 0.25) is 0 Å². The zero-order chi connectivity index (χ0) is 12.1. The van der Waals surface area contributed by atoms with Crippen LogP contribution >= 0.6 is 11.5 Å². The Balaban J connectivity index is 2.07. The number of nitrogens with zero attached hydrogens (tertiary/aromatic N) is 2. The van der Waals surface area contributed by atoms with Crippen LogP contribution in [0.25, 0.3) is 0 Å². The Kier molecular flexibility index (Phi) is 3.86. The number of hydrogen-bond acceptors (Lipinski definition) is 7. The van der Waals surface area contributed by atoms with Gasteiger partial charge in [0.25, 0.3) is 0 Å². The number of para-hydroxylation sites is 1. The SMILES string of the molecule is NNc1snnc1COc1ccccc1CO. The van der Waals surface area contributed by atoms with E-state index in [-0.39, 0.29) is 13.2 Å². The van der Waals surface area contributed by atoms with Gasteiger partial charge in [0.05, 0.1) is 6.61 Å². The van der Waals surface area contributed by atoms with E-state index in [4.69, 9.17) is 15.7 Å². The summed E-state index contributed by atoms with van der Waals surface area (Å²) in [6.07, 6.45) is 0. The fraction of sp³-hybridized carbons (Fsp3) is 0.200. The third-order valence-corrected chi connectivity index (χ3v) is 2.89. The Morgan fingerprint density at radius 1 is 1.41 bits per heavy atom. The van der Waals surface area contributed by atoms with Crippen LogP contribution in [0, 0.1) is 0 Å². The lowest BCUT2D eigenvalue weighted by molar-refractivity contribution is 0.257. The van der Waals surface area contributed by atoms with Gasteiger partial charge in [0.2, 0.25) is 0 Å². The minimum atomic E-state index is -0.0620. The molecule has 2 aromatic rings. The first-order chi connectivity index (χ1) is 8.35. The second-order valence-electron chi connectivity index (χ2n) is 3.25. The number of aromatic nitrogens is 2. The topological polar surface area (TPSA) is 93.3 Å². The van der Waals surface area contributed by atoms with Crippen molar-refractivity contribution >= 4 is 16.5 Å². The summed E-state index contributed by atoms with van der Waals surface area (Å²) in [5.41, 5.74) is 3.88. The van der Waals surface area contributed by atoms with Gasteiger partial charge in [-0.1, -0.05) is 22.7 Å². The van der Waals surface area contributed by atoms with Gasteiger partial charge in [-0.25, -0.2) is 5.84 Å². The van der Waals surface area contributed by atoms with Gasteiger partial charge >= 0.3 is 0 Å². The van der Waals surface area contributed by atoms with Crippen molar-refractivity contribution in [2.24, 2.45) is 5.84 Å². The van der Waals surface area contributed by atoms with Crippen molar-refractivity contribution in [3.63, 3.8) is 0 Å². The number of rotatable bonds is 5. The molecule has 7 heteroatoms. The van der Waals surface area contributed by atoms with Crippen LogP contribution in [0.3, 0.4) is 0 Å². The van der Waals surface area contributed by atoms with E-state index in [9.17, 15) is 0 Å². The molecule has 0 saturated carbocycles. The van der Waals surface area contributed by atoms with E-state index >= 15 is 0 Å². The van der Waals surface area contributed by atoms with E-state index in [2.05, 4.69) is 15.0 Å². The summed E-state index contributed by atoms with van der Waals surface area (Å²) in [5, 5.41) is 13.7. The number of benzene rings is 1. The number of aliphatic hydroxyl groups excluding tert-OH is 1. The van der Waals surface area contributed by atoms with Gasteiger partial charge in [0.15, 0.2) is 5.00 Å². The van der Waals surface area contributed by atoms with Crippen LogP contribution in [0.4, 0.5) is 5.00 Å². The summed E-state index contributed by atoms with van der Waals surface area (Å²) in [6, 6.07) is 7.28. The van der Waals surface area contributed by atoms with Gasteiger partial charge in [-0.2, -0.15) is 0 Å². The molecule has 0 aliphatic rings. The molecule has 1 aromatic heterocycles. The minimum absolute atomic E-state index is 0.0620.